The molecule has 0 saturated carbocycles. The Morgan fingerprint density at radius 3 is 3.08 bits per heavy atom. The summed E-state index contributed by atoms with van der Waals surface area (Å²) in [5, 5.41) is 8.60. The number of carboxylic acids is 1. The van der Waals surface area contributed by atoms with Crippen LogP contribution in [0, 0.1) is 5.92 Å². The van der Waals surface area contributed by atoms with Gasteiger partial charge in [0.05, 0.1) is 5.92 Å². The Balaban J connectivity index is 2.34. The van der Waals surface area contributed by atoms with E-state index in [4.69, 9.17) is 5.11 Å². The molecule has 0 aliphatic carbocycles. The molecule has 60 valence electrons. The van der Waals surface area contributed by atoms with E-state index in [2.05, 4.69) is 9.98 Å². The van der Waals surface area contributed by atoms with Crippen molar-refractivity contribution in [2.24, 2.45) is 15.9 Å². The summed E-state index contributed by atoms with van der Waals surface area (Å²) in [7, 11) is 0. The van der Waals surface area contributed by atoms with Crippen molar-refractivity contribution >= 4 is 17.5 Å². The van der Waals surface area contributed by atoms with Gasteiger partial charge in [-0.05, 0) is 6.08 Å². The second-order valence-corrected chi connectivity index (χ2v) is 2.52. The number of carboxylic acid groups (broad SMARTS) is 1. The van der Waals surface area contributed by atoms with E-state index in [0.29, 0.717) is 5.84 Å². The molecule has 0 aromatic carbocycles. The van der Waals surface area contributed by atoms with Crippen LogP contribution in [0.4, 0.5) is 0 Å². The van der Waals surface area contributed by atoms with E-state index in [9.17, 15) is 4.79 Å². The molecule has 2 rings (SSSR count). The SMILES string of the molecule is O=C(O)C1=NC2=NC=C[C@H]2C=C1. The normalized spacial score (nSPS) is 24.8. The van der Waals surface area contributed by atoms with Crippen LogP contribution in [0.2, 0.25) is 0 Å². The molecule has 2 aliphatic heterocycles. The molecule has 0 aromatic rings. The van der Waals surface area contributed by atoms with E-state index < -0.39 is 5.97 Å². The number of carbonyl (C=O) groups is 1. The van der Waals surface area contributed by atoms with Gasteiger partial charge in [-0.1, -0.05) is 12.2 Å². The van der Waals surface area contributed by atoms with Crippen LogP contribution in [0.5, 0.6) is 0 Å². The number of dihydropyridines is 1. The Hall–Kier alpha value is -1.71. The Bertz CT molecular complexity index is 350. The molecular weight excluding hydrogens is 156 g/mol. The molecule has 1 N–H and O–H groups in total. The first-order valence-corrected chi connectivity index (χ1v) is 3.52. The highest BCUT2D eigenvalue weighted by molar-refractivity contribution is 6.42. The van der Waals surface area contributed by atoms with Crippen LogP contribution in [-0.2, 0) is 4.79 Å². The fourth-order valence-corrected chi connectivity index (χ4v) is 1.11. The molecule has 0 radical (unpaired) electrons. The van der Waals surface area contributed by atoms with Gasteiger partial charge in [0.1, 0.15) is 11.5 Å². The molecule has 1 atom stereocenters. The Morgan fingerprint density at radius 1 is 1.50 bits per heavy atom. The molecule has 0 bridgehead atoms. The number of fused-ring (bicyclic) bond motifs is 1. The van der Waals surface area contributed by atoms with Gasteiger partial charge in [0.15, 0.2) is 0 Å². The lowest BCUT2D eigenvalue weighted by Gasteiger charge is -2.07. The number of aliphatic carboxylic acids is 1. The molecule has 0 aromatic heterocycles. The predicted molar refractivity (Wildman–Crippen MR) is 44.3 cm³/mol. The summed E-state index contributed by atoms with van der Waals surface area (Å²) < 4.78 is 0. The fraction of sp³-hybridized carbons (Fsp3) is 0.125. The molecule has 0 saturated heterocycles. The number of aliphatic imine (C=N–C) groups is 2. The van der Waals surface area contributed by atoms with Crippen molar-refractivity contribution < 1.29 is 9.90 Å². The van der Waals surface area contributed by atoms with Gasteiger partial charge < -0.3 is 5.11 Å². The quantitative estimate of drug-likeness (QED) is 0.614. The lowest BCUT2D eigenvalue weighted by atomic mass is 10.1. The van der Waals surface area contributed by atoms with E-state index in [0.717, 1.165) is 0 Å². The lowest BCUT2D eigenvalue weighted by Crippen LogP contribution is -2.19. The summed E-state index contributed by atoms with van der Waals surface area (Å²) in [6.07, 6.45) is 6.78. The van der Waals surface area contributed by atoms with Gasteiger partial charge in [0, 0.05) is 6.20 Å². The zero-order valence-electron chi connectivity index (χ0n) is 6.14. The highest BCUT2D eigenvalue weighted by Crippen LogP contribution is 2.16. The smallest absolute Gasteiger partial charge is 0.354 e. The summed E-state index contributed by atoms with van der Waals surface area (Å²) in [5.74, 6) is -0.373. The fourth-order valence-electron chi connectivity index (χ4n) is 1.11. The third kappa shape index (κ3) is 0.972. The Kier molecular flexibility index (Phi) is 1.40. The van der Waals surface area contributed by atoms with E-state index in [-0.39, 0.29) is 11.6 Å². The van der Waals surface area contributed by atoms with Crippen molar-refractivity contribution in [1.82, 2.24) is 0 Å². The first-order valence-electron chi connectivity index (χ1n) is 3.52. The maximum atomic E-state index is 10.5. The van der Waals surface area contributed by atoms with Gasteiger partial charge in [-0.2, -0.15) is 0 Å². The van der Waals surface area contributed by atoms with Crippen molar-refractivity contribution in [3.05, 3.63) is 24.4 Å². The van der Waals surface area contributed by atoms with E-state index in [1.54, 1.807) is 12.3 Å². The lowest BCUT2D eigenvalue weighted by molar-refractivity contribution is -0.129. The van der Waals surface area contributed by atoms with E-state index in [1.807, 2.05) is 6.08 Å². The molecule has 2 aliphatic rings. The van der Waals surface area contributed by atoms with Crippen LogP contribution in [0.3, 0.4) is 0 Å². The van der Waals surface area contributed by atoms with Crippen molar-refractivity contribution in [2.75, 3.05) is 0 Å². The summed E-state index contributed by atoms with van der Waals surface area (Å²) >= 11 is 0. The minimum atomic E-state index is -1.01. The largest absolute Gasteiger partial charge is 0.477 e. The second kappa shape index (κ2) is 2.41. The number of amidine groups is 1. The summed E-state index contributed by atoms with van der Waals surface area (Å²) in [4.78, 5) is 18.3. The monoisotopic (exact) mass is 162 g/mol. The van der Waals surface area contributed by atoms with Crippen LogP contribution in [0.1, 0.15) is 0 Å². The standard InChI is InChI=1S/C8H6N2O2/c11-8(12)6-2-1-5-3-4-9-7(5)10-6/h1-5H,(H,11,12)/t5-/m1/s1. The number of nitrogens with zero attached hydrogens (tertiary/aromatic N) is 2. The molecule has 4 heteroatoms. The molecule has 4 nitrogen and oxygen atoms in total. The number of hydrogen-bond donors (Lipinski definition) is 1. The number of rotatable bonds is 1. The van der Waals surface area contributed by atoms with Crippen molar-refractivity contribution in [3.8, 4) is 0 Å². The average molecular weight is 162 g/mol. The van der Waals surface area contributed by atoms with E-state index >= 15 is 0 Å². The van der Waals surface area contributed by atoms with Crippen LogP contribution in [0.25, 0.3) is 0 Å². The van der Waals surface area contributed by atoms with Gasteiger partial charge >= 0.3 is 5.97 Å². The predicted octanol–water partition coefficient (Wildman–Crippen LogP) is 0.624. The molecular formula is C8H6N2O2. The highest BCUT2D eigenvalue weighted by atomic mass is 16.4. The third-order valence-electron chi connectivity index (χ3n) is 1.71. The van der Waals surface area contributed by atoms with Crippen LogP contribution < -0.4 is 0 Å². The van der Waals surface area contributed by atoms with E-state index in [1.165, 1.54) is 6.08 Å². The van der Waals surface area contributed by atoms with Crippen molar-refractivity contribution in [3.63, 3.8) is 0 Å². The number of hydrogen-bond acceptors (Lipinski definition) is 3. The average Bonchev–Trinajstić information content (AvgIpc) is 2.49. The maximum Gasteiger partial charge on any atom is 0.354 e. The minimum absolute atomic E-state index is 0.0497. The summed E-state index contributed by atoms with van der Waals surface area (Å²) in [6.45, 7) is 0. The zero-order valence-corrected chi connectivity index (χ0v) is 6.14. The van der Waals surface area contributed by atoms with Crippen molar-refractivity contribution in [2.45, 2.75) is 0 Å². The Morgan fingerprint density at radius 2 is 2.33 bits per heavy atom. The van der Waals surface area contributed by atoms with Gasteiger partial charge in [-0.3, -0.25) is 0 Å². The van der Waals surface area contributed by atoms with Gasteiger partial charge in [0.2, 0.25) is 0 Å². The topological polar surface area (TPSA) is 62.0 Å². The first-order chi connectivity index (χ1) is 5.77. The third-order valence-corrected chi connectivity index (χ3v) is 1.71. The first kappa shape index (κ1) is 6.97. The van der Waals surface area contributed by atoms with Gasteiger partial charge in [-0.25, -0.2) is 14.8 Å². The van der Waals surface area contributed by atoms with Crippen molar-refractivity contribution in [1.29, 1.82) is 0 Å². The summed E-state index contributed by atoms with van der Waals surface area (Å²) in [5.41, 5.74) is 0.0497. The van der Waals surface area contributed by atoms with Crippen LogP contribution >= 0.6 is 0 Å². The highest BCUT2D eigenvalue weighted by Gasteiger charge is 2.20. The van der Waals surface area contributed by atoms with Gasteiger partial charge in [0.25, 0.3) is 0 Å². The van der Waals surface area contributed by atoms with Gasteiger partial charge in [-0.15, -0.1) is 0 Å². The van der Waals surface area contributed by atoms with Crippen LogP contribution in [0.15, 0.2) is 34.4 Å². The summed E-state index contributed by atoms with van der Waals surface area (Å²) in [6, 6.07) is 0. The molecule has 2 heterocycles. The zero-order chi connectivity index (χ0) is 8.55. The maximum absolute atomic E-state index is 10.5. The molecule has 12 heavy (non-hydrogen) atoms. The second-order valence-electron chi connectivity index (χ2n) is 2.52. The molecule has 0 unspecified atom stereocenters. The Labute approximate surface area is 68.6 Å². The molecule has 0 fully saturated rings. The molecule has 0 amide bonds. The minimum Gasteiger partial charge on any atom is -0.477 e. The molecule has 0 spiro atoms. The van der Waals surface area contributed by atoms with Crippen LogP contribution in [-0.4, -0.2) is 22.6 Å².